The van der Waals surface area contributed by atoms with Crippen LogP contribution in [0.1, 0.15) is 12.5 Å². The molecule has 0 saturated carbocycles. The second kappa shape index (κ2) is 5.52. The Bertz CT molecular complexity index is 408. The molecule has 1 aromatic carbocycles. The molecule has 3 nitrogen and oxygen atoms in total. The summed E-state index contributed by atoms with van der Waals surface area (Å²) >= 11 is 6.05. The Hall–Kier alpha value is -1.06. The molecule has 0 spiro atoms. The van der Waals surface area contributed by atoms with E-state index in [2.05, 4.69) is 12.2 Å². The van der Waals surface area contributed by atoms with Gasteiger partial charge < -0.3 is 10.2 Å². The van der Waals surface area contributed by atoms with Crippen LogP contribution in [0.15, 0.2) is 24.3 Å². The first-order chi connectivity index (χ1) is 8.16. The van der Waals surface area contributed by atoms with Crippen LogP contribution in [0.2, 0.25) is 5.02 Å². The molecule has 17 heavy (non-hydrogen) atoms. The lowest BCUT2D eigenvalue weighted by Gasteiger charge is -2.32. The van der Waals surface area contributed by atoms with Crippen molar-refractivity contribution in [3.05, 3.63) is 34.9 Å². The van der Waals surface area contributed by atoms with Crippen molar-refractivity contribution >= 4 is 17.5 Å². The van der Waals surface area contributed by atoms with E-state index in [1.807, 2.05) is 29.2 Å². The van der Waals surface area contributed by atoms with E-state index in [-0.39, 0.29) is 5.91 Å². The molecule has 0 aromatic heterocycles. The van der Waals surface area contributed by atoms with Gasteiger partial charge in [-0.05, 0) is 18.6 Å². The minimum absolute atomic E-state index is 0.159. The average molecular weight is 253 g/mol. The number of nitrogens with zero attached hydrogens (tertiary/aromatic N) is 1. The van der Waals surface area contributed by atoms with Gasteiger partial charge in [-0.1, -0.05) is 29.8 Å². The molecule has 1 N–H and O–H groups in total. The van der Waals surface area contributed by atoms with Crippen molar-refractivity contribution in [2.24, 2.45) is 0 Å². The Morgan fingerprint density at radius 1 is 1.53 bits per heavy atom. The molecule has 1 fully saturated rings. The third kappa shape index (κ3) is 3.20. The summed E-state index contributed by atoms with van der Waals surface area (Å²) in [4.78, 5) is 14.0. The van der Waals surface area contributed by atoms with Gasteiger partial charge in [-0.25, -0.2) is 0 Å². The lowest BCUT2D eigenvalue weighted by atomic mass is 10.1. The summed E-state index contributed by atoms with van der Waals surface area (Å²) in [7, 11) is 0. The summed E-state index contributed by atoms with van der Waals surface area (Å²) in [6, 6.07) is 7.90. The van der Waals surface area contributed by atoms with Crippen molar-refractivity contribution in [3.63, 3.8) is 0 Å². The zero-order chi connectivity index (χ0) is 12.3. The van der Waals surface area contributed by atoms with Gasteiger partial charge in [0.1, 0.15) is 0 Å². The highest BCUT2D eigenvalue weighted by molar-refractivity contribution is 6.31. The number of nitrogens with one attached hydrogen (secondary N) is 1. The molecule has 0 aliphatic carbocycles. The number of carbonyl (C=O) groups is 1. The van der Waals surface area contributed by atoms with Crippen LogP contribution in [-0.2, 0) is 11.2 Å². The number of benzene rings is 1. The number of rotatable bonds is 2. The van der Waals surface area contributed by atoms with Gasteiger partial charge in [0.05, 0.1) is 6.42 Å². The van der Waals surface area contributed by atoms with Gasteiger partial charge in [-0.15, -0.1) is 0 Å². The molecule has 1 amide bonds. The van der Waals surface area contributed by atoms with Gasteiger partial charge in [0.2, 0.25) is 5.91 Å². The predicted molar refractivity (Wildman–Crippen MR) is 69.2 cm³/mol. The second-order valence-electron chi connectivity index (χ2n) is 4.46. The van der Waals surface area contributed by atoms with Crippen molar-refractivity contribution in [1.29, 1.82) is 0 Å². The van der Waals surface area contributed by atoms with Crippen molar-refractivity contribution in [1.82, 2.24) is 10.2 Å². The maximum atomic E-state index is 12.1. The largest absolute Gasteiger partial charge is 0.340 e. The van der Waals surface area contributed by atoms with Gasteiger partial charge in [0.25, 0.3) is 0 Å². The molecular formula is C13H17ClN2O. The molecule has 1 aliphatic rings. The van der Waals surface area contributed by atoms with E-state index in [9.17, 15) is 4.79 Å². The quantitative estimate of drug-likeness (QED) is 0.869. The van der Waals surface area contributed by atoms with E-state index in [0.29, 0.717) is 17.5 Å². The smallest absolute Gasteiger partial charge is 0.227 e. The highest BCUT2D eigenvalue weighted by Crippen LogP contribution is 2.16. The van der Waals surface area contributed by atoms with Crippen LogP contribution in [-0.4, -0.2) is 36.5 Å². The number of carbonyl (C=O) groups excluding carboxylic acids is 1. The van der Waals surface area contributed by atoms with Crippen LogP contribution in [0.3, 0.4) is 0 Å². The first-order valence-corrected chi connectivity index (χ1v) is 6.29. The highest BCUT2D eigenvalue weighted by atomic mass is 35.5. The van der Waals surface area contributed by atoms with Crippen molar-refractivity contribution < 1.29 is 4.79 Å². The fraction of sp³-hybridized carbons (Fsp3) is 0.462. The third-order valence-electron chi connectivity index (χ3n) is 3.02. The van der Waals surface area contributed by atoms with E-state index in [1.54, 1.807) is 0 Å². The molecule has 92 valence electrons. The van der Waals surface area contributed by atoms with Crippen molar-refractivity contribution in [3.8, 4) is 0 Å². The minimum Gasteiger partial charge on any atom is -0.340 e. The Morgan fingerprint density at radius 2 is 2.29 bits per heavy atom. The van der Waals surface area contributed by atoms with E-state index in [4.69, 9.17) is 11.6 Å². The summed E-state index contributed by atoms with van der Waals surface area (Å²) in [6.07, 6.45) is 0.395. The number of amides is 1. The number of halogens is 1. The predicted octanol–water partition coefficient (Wildman–Crippen LogP) is 1.70. The topological polar surface area (TPSA) is 32.3 Å². The first-order valence-electron chi connectivity index (χ1n) is 5.91. The van der Waals surface area contributed by atoms with Crippen LogP contribution in [0.4, 0.5) is 0 Å². The molecule has 1 atom stereocenters. The Labute approximate surface area is 107 Å². The van der Waals surface area contributed by atoms with E-state index in [1.165, 1.54) is 0 Å². The molecule has 1 saturated heterocycles. The monoisotopic (exact) mass is 252 g/mol. The van der Waals surface area contributed by atoms with E-state index < -0.39 is 0 Å². The lowest BCUT2D eigenvalue weighted by molar-refractivity contribution is -0.131. The summed E-state index contributed by atoms with van der Waals surface area (Å²) in [5.74, 6) is 0.159. The minimum atomic E-state index is 0.159. The summed E-state index contributed by atoms with van der Waals surface area (Å²) in [5, 5.41) is 3.99. The Balaban J connectivity index is 1.99. The number of hydrogen-bond acceptors (Lipinski definition) is 2. The summed E-state index contributed by atoms with van der Waals surface area (Å²) in [5.41, 5.74) is 0.908. The fourth-order valence-corrected chi connectivity index (χ4v) is 2.28. The average Bonchev–Trinajstić information content (AvgIpc) is 2.32. The van der Waals surface area contributed by atoms with Gasteiger partial charge in [0, 0.05) is 30.7 Å². The number of hydrogen-bond donors (Lipinski definition) is 1. The zero-order valence-electron chi connectivity index (χ0n) is 9.95. The van der Waals surface area contributed by atoms with E-state index >= 15 is 0 Å². The SMILES string of the molecule is CC1CN(C(=O)Cc2ccccc2Cl)CCN1. The molecule has 2 rings (SSSR count). The zero-order valence-corrected chi connectivity index (χ0v) is 10.7. The molecule has 1 aromatic rings. The Morgan fingerprint density at radius 3 is 3.00 bits per heavy atom. The summed E-state index contributed by atoms with van der Waals surface area (Å²) < 4.78 is 0. The van der Waals surface area contributed by atoms with Gasteiger partial charge in [0.15, 0.2) is 0 Å². The molecule has 0 bridgehead atoms. The van der Waals surface area contributed by atoms with E-state index in [0.717, 1.165) is 25.2 Å². The van der Waals surface area contributed by atoms with Gasteiger partial charge in [-0.3, -0.25) is 4.79 Å². The van der Waals surface area contributed by atoms with Crippen LogP contribution in [0.25, 0.3) is 0 Å². The van der Waals surface area contributed by atoms with Crippen LogP contribution >= 0.6 is 11.6 Å². The molecule has 0 radical (unpaired) electrons. The lowest BCUT2D eigenvalue weighted by Crippen LogP contribution is -2.51. The standard InChI is InChI=1S/C13H17ClN2O/c1-10-9-16(7-6-15-10)13(17)8-11-4-2-3-5-12(11)14/h2-5,10,15H,6-9H2,1H3. The second-order valence-corrected chi connectivity index (χ2v) is 4.87. The normalized spacial score (nSPS) is 20.4. The van der Waals surface area contributed by atoms with Crippen LogP contribution < -0.4 is 5.32 Å². The maximum absolute atomic E-state index is 12.1. The molecular weight excluding hydrogens is 236 g/mol. The fourth-order valence-electron chi connectivity index (χ4n) is 2.08. The van der Waals surface area contributed by atoms with Crippen molar-refractivity contribution in [2.45, 2.75) is 19.4 Å². The molecule has 4 heteroatoms. The first kappa shape index (κ1) is 12.4. The third-order valence-corrected chi connectivity index (χ3v) is 3.39. The van der Waals surface area contributed by atoms with Crippen LogP contribution in [0.5, 0.6) is 0 Å². The van der Waals surface area contributed by atoms with Crippen molar-refractivity contribution in [2.75, 3.05) is 19.6 Å². The molecule has 1 aliphatic heterocycles. The Kier molecular flexibility index (Phi) is 4.02. The highest BCUT2D eigenvalue weighted by Gasteiger charge is 2.20. The van der Waals surface area contributed by atoms with Gasteiger partial charge in [-0.2, -0.15) is 0 Å². The van der Waals surface area contributed by atoms with Crippen LogP contribution in [0, 0.1) is 0 Å². The maximum Gasteiger partial charge on any atom is 0.227 e. The summed E-state index contributed by atoms with van der Waals surface area (Å²) in [6.45, 7) is 4.53. The number of piperazine rings is 1. The molecule has 1 heterocycles. The van der Waals surface area contributed by atoms with Gasteiger partial charge >= 0.3 is 0 Å². The molecule has 1 unspecified atom stereocenters.